The average molecular weight is 321 g/mol. The van der Waals surface area contributed by atoms with Gasteiger partial charge in [0.1, 0.15) is 5.82 Å². The number of aromatic nitrogens is 2. The molecule has 3 heteroatoms. The molecule has 19 heavy (non-hydrogen) atoms. The third kappa shape index (κ3) is 3.08. The first-order chi connectivity index (χ1) is 9.24. The lowest BCUT2D eigenvalue weighted by Crippen LogP contribution is -2.27. The summed E-state index contributed by atoms with van der Waals surface area (Å²) in [5.74, 6) is 1.06. The smallest absolute Gasteiger partial charge is 0.139 e. The van der Waals surface area contributed by atoms with Crippen molar-refractivity contribution in [2.24, 2.45) is 5.41 Å². The molecule has 0 aliphatic rings. The Labute approximate surface area is 124 Å². The van der Waals surface area contributed by atoms with E-state index in [-0.39, 0.29) is 0 Å². The monoisotopic (exact) mass is 320 g/mol. The predicted molar refractivity (Wildman–Crippen MR) is 84.5 cm³/mol. The van der Waals surface area contributed by atoms with E-state index in [0.717, 1.165) is 17.7 Å². The lowest BCUT2D eigenvalue weighted by atomic mass is 9.84. The van der Waals surface area contributed by atoms with Crippen molar-refractivity contribution in [1.82, 2.24) is 9.55 Å². The van der Waals surface area contributed by atoms with E-state index >= 15 is 0 Å². The fourth-order valence-corrected chi connectivity index (χ4v) is 3.32. The maximum absolute atomic E-state index is 4.52. The predicted octanol–water partition coefficient (Wildman–Crippen LogP) is 4.75. The van der Waals surface area contributed by atoms with Crippen molar-refractivity contribution in [3.8, 4) is 11.4 Å². The Balaban J connectivity index is 2.30. The second-order valence-corrected chi connectivity index (χ2v) is 5.65. The molecule has 1 heterocycles. The summed E-state index contributed by atoms with van der Waals surface area (Å²) in [6, 6.07) is 10.4. The molecule has 0 aliphatic heterocycles. The fraction of sp³-hybridized carbons (Fsp3) is 0.438. The van der Waals surface area contributed by atoms with Crippen LogP contribution in [0.5, 0.6) is 0 Å². The number of hydrogen-bond acceptors (Lipinski definition) is 1. The van der Waals surface area contributed by atoms with Gasteiger partial charge in [0.05, 0.1) is 0 Å². The molecule has 0 amide bonds. The third-order valence-electron chi connectivity index (χ3n) is 4.04. The van der Waals surface area contributed by atoms with Crippen LogP contribution in [0.2, 0.25) is 0 Å². The second-order valence-electron chi connectivity index (χ2n) is 5.09. The highest BCUT2D eigenvalue weighted by Crippen LogP contribution is 2.32. The number of rotatable bonds is 6. The number of halogens is 1. The van der Waals surface area contributed by atoms with Crippen LogP contribution in [0, 0.1) is 5.41 Å². The molecule has 0 saturated carbocycles. The van der Waals surface area contributed by atoms with Gasteiger partial charge < -0.3 is 4.57 Å². The third-order valence-corrected chi connectivity index (χ3v) is 5.23. The van der Waals surface area contributed by atoms with Gasteiger partial charge in [-0.2, -0.15) is 0 Å². The summed E-state index contributed by atoms with van der Waals surface area (Å²) >= 11 is 3.69. The van der Waals surface area contributed by atoms with Gasteiger partial charge in [-0.15, -0.1) is 0 Å². The normalized spacial score (nSPS) is 11.7. The van der Waals surface area contributed by atoms with E-state index < -0.39 is 0 Å². The van der Waals surface area contributed by atoms with Gasteiger partial charge in [-0.1, -0.05) is 60.1 Å². The molecular weight excluding hydrogens is 300 g/mol. The van der Waals surface area contributed by atoms with Crippen molar-refractivity contribution >= 4 is 15.9 Å². The molecule has 0 aliphatic carbocycles. The molecule has 102 valence electrons. The molecule has 2 nitrogen and oxygen atoms in total. The minimum atomic E-state index is 0.310. The Morgan fingerprint density at radius 3 is 2.42 bits per heavy atom. The molecule has 2 aromatic rings. The van der Waals surface area contributed by atoms with Crippen LogP contribution in [0.1, 0.15) is 26.7 Å². The van der Waals surface area contributed by atoms with E-state index in [1.165, 1.54) is 18.4 Å². The molecule has 0 radical (unpaired) electrons. The lowest BCUT2D eigenvalue weighted by Gasteiger charge is -2.30. The zero-order valence-corrected chi connectivity index (χ0v) is 13.2. The summed E-state index contributed by atoms with van der Waals surface area (Å²) in [5, 5.41) is 1.03. The highest BCUT2D eigenvalue weighted by Gasteiger charge is 2.26. The number of imidazole rings is 1. The van der Waals surface area contributed by atoms with Crippen molar-refractivity contribution < 1.29 is 0 Å². The van der Waals surface area contributed by atoms with E-state index in [1.807, 2.05) is 12.3 Å². The molecular formula is C16H21BrN2. The van der Waals surface area contributed by atoms with Crippen molar-refractivity contribution in [2.45, 2.75) is 33.2 Å². The van der Waals surface area contributed by atoms with Crippen LogP contribution in [0.25, 0.3) is 11.4 Å². The van der Waals surface area contributed by atoms with Crippen LogP contribution in [0.3, 0.4) is 0 Å². The minimum absolute atomic E-state index is 0.310. The van der Waals surface area contributed by atoms with E-state index in [0.29, 0.717) is 5.41 Å². The van der Waals surface area contributed by atoms with Crippen LogP contribution < -0.4 is 0 Å². The Morgan fingerprint density at radius 2 is 1.84 bits per heavy atom. The van der Waals surface area contributed by atoms with E-state index in [1.54, 1.807) is 0 Å². The molecule has 0 saturated heterocycles. The number of benzene rings is 1. The summed E-state index contributed by atoms with van der Waals surface area (Å²) in [7, 11) is 0. The quantitative estimate of drug-likeness (QED) is 0.702. The van der Waals surface area contributed by atoms with Crippen LogP contribution in [0.15, 0.2) is 42.7 Å². The van der Waals surface area contributed by atoms with Gasteiger partial charge in [0.15, 0.2) is 0 Å². The second kappa shape index (κ2) is 6.38. The minimum Gasteiger partial charge on any atom is -0.330 e. The van der Waals surface area contributed by atoms with Gasteiger partial charge in [-0.05, 0) is 18.3 Å². The molecule has 0 N–H and O–H groups in total. The van der Waals surface area contributed by atoms with Crippen molar-refractivity contribution in [3.63, 3.8) is 0 Å². The fourth-order valence-electron chi connectivity index (χ4n) is 2.35. The first-order valence-corrected chi connectivity index (χ1v) is 7.99. The van der Waals surface area contributed by atoms with Gasteiger partial charge >= 0.3 is 0 Å². The van der Waals surface area contributed by atoms with E-state index in [9.17, 15) is 0 Å². The molecule has 0 bridgehead atoms. The van der Waals surface area contributed by atoms with Crippen LogP contribution in [-0.2, 0) is 6.54 Å². The highest BCUT2D eigenvalue weighted by molar-refractivity contribution is 9.09. The van der Waals surface area contributed by atoms with Crippen LogP contribution >= 0.6 is 15.9 Å². The summed E-state index contributed by atoms with van der Waals surface area (Å²) in [4.78, 5) is 4.52. The molecule has 0 spiro atoms. The number of hydrogen-bond donors (Lipinski definition) is 0. The maximum atomic E-state index is 4.52. The first kappa shape index (κ1) is 14.3. The molecule has 0 unspecified atom stereocenters. The Kier molecular flexibility index (Phi) is 4.81. The highest BCUT2D eigenvalue weighted by atomic mass is 79.9. The van der Waals surface area contributed by atoms with Crippen LogP contribution in [0.4, 0.5) is 0 Å². The van der Waals surface area contributed by atoms with Crippen LogP contribution in [-0.4, -0.2) is 14.9 Å². The SMILES string of the molecule is CCC(CC)(CBr)Cn1ccnc1-c1ccccc1. The first-order valence-electron chi connectivity index (χ1n) is 6.87. The summed E-state index contributed by atoms with van der Waals surface area (Å²) in [6.07, 6.45) is 6.32. The standard InChI is InChI=1S/C16H21BrN2/c1-3-16(4-2,12-17)13-19-11-10-18-15(19)14-8-6-5-7-9-14/h5-11H,3-4,12-13H2,1-2H3. The van der Waals surface area contributed by atoms with Gasteiger partial charge in [-0.25, -0.2) is 4.98 Å². The zero-order valence-electron chi connectivity index (χ0n) is 11.6. The summed E-state index contributed by atoms with van der Waals surface area (Å²) < 4.78 is 2.28. The molecule has 0 atom stereocenters. The van der Waals surface area contributed by atoms with Gasteiger partial charge in [0.25, 0.3) is 0 Å². The van der Waals surface area contributed by atoms with Gasteiger partial charge in [0, 0.05) is 29.8 Å². The van der Waals surface area contributed by atoms with Crippen molar-refractivity contribution in [2.75, 3.05) is 5.33 Å². The Bertz CT molecular complexity index is 492. The van der Waals surface area contributed by atoms with Crippen molar-refractivity contribution in [3.05, 3.63) is 42.7 Å². The van der Waals surface area contributed by atoms with E-state index in [2.05, 4.69) is 69.8 Å². The van der Waals surface area contributed by atoms with Crippen molar-refractivity contribution in [1.29, 1.82) is 0 Å². The molecule has 1 aromatic carbocycles. The van der Waals surface area contributed by atoms with E-state index in [4.69, 9.17) is 0 Å². The maximum Gasteiger partial charge on any atom is 0.139 e. The molecule has 1 aromatic heterocycles. The molecule has 0 fully saturated rings. The van der Waals surface area contributed by atoms with Gasteiger partial charge in [-0.3, -0.25) is 0 Å². The lowest BCUT2D eigenvalue weighted by molar-refractivity contribution is 0.261. The average Bonchev–Trinajstić information content (AvgIpc) is 2.94. The zero-order chi connectivity index (χ0) is 13.7. The Hall–Kier alpha value is -1.09. The summed E-state index contributed by atoms with van der Waals surface area (Å²) in [5.41, 5.74) is 1.49. The molecule has 2 rings (SSSR count). The van der Waals surface area contributed by atoms with Gasteiger partial charge in [0.2, 0.25) is 0 Å². The topological polar surface area (TPSA) is 17.8 Å². The number of nitrogens with zero attached hydrogens (tertiary/aromatic N) is 2. The largest absolute Gasteiger partial charge is 0.330 e. The summed E-state index contributed by atoms with van der Waals surface area (Å²) in [6.45, 7) is 5.54. The Morgan fingerprint density at radius 1 is 1.16 bits per heavy atom. The number of alkyl halides is 1.